The van der Waals surface area contributed by atoms with Crippen molar-refractivity contribution >= 4 is 11.0 Å². The maximum atomic E-state index is 12.1. The Morgan fingerprint density at radius 2 is 1.83 bits per heavy atom. The standard InChI is InChI=1S/C13H15N3O2/c1-15-11-9(12(17)16(2)13(15)18)7-8-5-3-4-6-10(8)14-11/h7H,3-6H2,1-2H3. The molecule has 1 aliphatic rings. The van der Waals surface area contributed by atoms with Crippen molar-refractivity contribution in [2.75, 3.05) is 0 Å². The van der Waals surface area contributed by atoms with Gasteiger partial charge in [0.25, 0.3) is 5.56 Å². The summed E-state index contributed by atoms with van der Waals surface area (Å²) in [6, 6.07) is 1.92. The van der Waals surface area contributed by atoms with Gasteiger partial charge in [-0.25, -0.2) is 9.78 Å². The number of rotatable bonds is 0. The van der Waals surface area contributed by atoms with Gasteiger partial charge < -0.3 is 0 Å². The molecule has 2 heterocycles. The second-order valence-electron chi connectivity index (χ2n) is 4.88. The third kappa shape index (κ3) is 1.43. The first-order valence-corrected chi connectivity index (χ1v) is 6.18. The lowest BCUT2D eigenvalue weighted by molar-refractivity contribution is 0.661. The molecular weight excluding hydrogens is 230 g/mol. The Morgan fingerprint density at radius 3 is 2.61 bits per heavy atom. The number of hydrogen-bond acceptors (Lipinski definition) is 3. The van der Waals surface area contributed by atoms with Gasteiger partial charge in [0.2, 0.25) is 0 Å². The Bertz CT molecular complexity index is 755. The van der Waals surface area contributed by atoms with Gasteiger partial charge in [0.05, 0.1) is 5.39 Å². The Morgan fingerprint density at radius 1 is 1.11 bits per heavy atom. The van der Waals surface area contributed by atoms with Crippen LogP contribution in [0.5, 0.6) is 0 Å². The zero-order valence-corrected chi connectivity index (χ0v) is 10.6. The largest absolute Gasteiger partial charge is 0.332 e. The van der Waals surface area contributed by atoms with Crippen LogP contribution < -0.4 is 11.2 Å². The second kappa shape index (κ2) is 3.80. The SMILES string of the molecule is Cn1c(=O)c2cc3c(nc2n(C)c1=O)CCCC3. The molecule has 2 aromatic rings. The van der Waals surface area contributed by atoms with Gasteiger partial charge in [0, 0.05) is 19.8 Å². The van der Waals surface area contributed by atoms with Crippen LogP contribution >= 0.6 is 0 Å². The summed E-state index contributed by atoms with van der Waals surface area (Å²) in [6.45, 7) is 0. The molecule has 0 aliphatic heterocycles. The van der Waals surface area contributed by atoms with E-state index in [9.17, 15) is 9.59 Å². The highest BCUT2D eigenvalue weighted by molar-refractivity contribution is 5.75. The molecule has 5 heteroatoms. The van der Waals surface area contributed by atoms with E-state index in [2.05, 4.69) is 4.98 Å². The topological polar surface area (TPSA) is 56.9 Å². The van der Waals surface area contributed by atoms with Crippen LogP contribution in [0.25, 0.3) is 11.0 Å². The van der Waals surface area contributed by atoms with Crippen LogP contribution in [0.2, 0.25) is 0 Å². The number of aryl methyl sites for hydroxylation is 3. The van der Waals surface area contributed by atoms with Crippen LogP contribution in [0.4, 0.5) is 0 Å². The van der Waals surface area contributed by atoms with Crippen molar-refractivity contribution in [3.05, 3.63) is 38.2 Å². The molecule has 5 nitrogen and oxygen atoms in total. The van der Waals surface area contributed by atoms with Crippen molar-refractivity contribution in [3.63, 3.8) is 0 Å². The molecule has 0 N–H and O–H groups in total. The summed E-state index contributed by atoms with van der Waals surface area (Å²) >= 11 is 0. The quantitative estimate of drug-likeness (QED) is 0.679. The van der Waals surface area contributed by atoms with Crippen molar-refractivity contribution < 1.29 is 0 Å². The highest BCUT2D eigenvalue weighted by atomic mass is 16.2. The lowest BCUT2D eigenvalue weighted by atomic mass is 9.95. The molecular formula is C13H15N3O2. The van der Waals surface area contributed by atoms with Crippen molar-refractivity contribution in [2.24, 2.45) is 14.1 Å². The Labute approximate surface area is 104 Å². The number of pyridine rings is 1. The van der Waals surface area contributed by atoms with E-state index in [1.54, 1.807) is 7.05 Å². The fourth-order valence-electron chi connectivity index (χ4n) is 2.62. The highest BCUT2D eigenvalue weighted by Crippen LogP contribution is 2.21. The number of aromatic nitrogens is 3. The van der Waals surface area contributed by atoms with E-state index in [0.717, 1.165) is 41.5 Å². The smallest absolute Gasteiger partial charge is 0.280 e. The third-order valence-corrected chi connectivity index (χ3v) is 3.71. The lowest BCUT2D eigenvalue weighted by Crippen LogP contribution is -2.37. The van der Waals surface area contributed by atoms with Gasteiger partial charge in [0.15, 0.2) is 0 Å². The summed E-state index contributed by atoms with van der Waals surface area (Å²) in [5.74, 6) is 0. The van der Waals surface area contributed by atoms with Crippen LogP contribution in [0.15, 0.2) is 15.7 Å². The van der Waals surface area contributed by atoms with Gasteiger partial charge in [-0.1, -0.05) is 0 Å². The molecule has 1 aliphatic carbocycles. The Hall–Kier alpha value is -1.91. The van der Waals surface area contributed by atoms with Crippen LogP contribution in [0.1, 0.15) is 24.1 Å². The highest BCUT2D eigenvalue weighted by Gasteiger charge is 2.16. The van der Waals surface area contributed by atoms with Crippen LogP contribution in [0, 0.1) is 0 Å². The van der Waals surface area contributed by atoms with E-state index in [1.165, 1.54) is 11.6 Å². The summed E-state index contributed by atoms with van der Waals surface area (Å²) in [6.07, 6.45) is 4.19. The first-order chi connectivity index (χ1) is 8.59. The summed E-state index contributed by atoms with van der Waals surface area (Å²) in [4.78, 5) is 28.5. The van der Waals surface area contributed by atoms with Crippen LogP contribution in [0.3, 0.4) is 0 Å². The van der Waals surface area contributed by atoms with E-state index < -0.39 is 0 Å². The predicted molar refractivity (Wildman–Crippen MR) is 68.9 cm³/mol. The first kappa shape index (κ1) is 11.2. The fraction of sp³-hybridized carbons (Fsp3) is 0.462. The molecule has 2 aromatic heterocycles. The molecule has 0 fully saturated rings. The molecule has 0 unspecified atom stereocenters. The van der Waals surface area contributed by atoms with Gasteiger partial charge in [-0.3, -0.25) is 13.9 Å². The van der Waals surface area contributed by atoms with Crippen molar-refractivity contribution in [1.29, 1.82) is 0 Å². The summed E-state index contributed by atoms with van der Waals surface area (Å²) in [5.41, 5.74) is 2.12. The van der Waals surface area contributed by atoms with Crippen molar-refractivity contribution in [2.45, 2.75) is 25.7 Å². The molecule has 0 spiro atoms. The van der Waals surface area contributed by atoms with E-state index in [0.29, 0.717) is 11.0 Å². The number of hydrogen-bond donors (Lipinski definition) is 0. The van der Waals surface area contributed by atoms with Gasteiger partial charge in [0.1, 0.15) is 5.65 Å². The molecule has 0 aromatic carbocycles. The minimum Gasteiger partial charge on any atom is -0.280 e. The van der Waals surface area contributed by atoms with Gasteiger partial charge >= 0.3 is 5.69 Å². The van der Waals surface area contributed by atoms with Gasteiger partial charge in [-0.15, -0.1) is 0 Å². The van der Waals surface area contributed by atoms with Crippen molar-refractivity contribution in [1.82, 2.24) is 14.1 Å². The average molecular weight is 245 g/mol. The van der Waals surface area contributed by atoms with Gasteiger partial charge in [-0.05, 0) is 37.3 Å². The zero-order chi connectivity index (χ0) is 12.9. The third-order valence-electron chi connectivity index (χ3n) is 3.71. The summed E-state index contributed by atoms with van der Waals surface area (Å²) in [5, 5.41) is 0.542. The molecule has 0 saturated carbocycles. The maximum absolute atomic E-state index is 12.1. The molecule has 0 atom stereocenters. The maximum Gasteiger partial charge on any atom is 0.332 e. The van der Waals surface area contributed by atoms with Crippen LogP contribution in [-0.4, -0.2) is 14.1 Å². The molecule has 0 radical (unpaired) electrons. The Kier molecular flexibility index (Phi) is 2.36. The summed E-state index contributed by atoms with van der Waals surface area (Å²) < 4.78 is 2.59. The number of fused-ring (bicyclic) bond motifs is 2. The number of nitrogens with zero attached hydrogens (tertiary/aromatic N) is 3. The minimum absolute atomic E-state index is 0.256. The van der Waals surface area contributed by atoms with E-state index in [4.69, 9.17) is 0 Å². The molecule has 0 bridgehead atoms. The predicted octanol–water partition coefficient (Wildman–Crippen LogP) is 0.511. The first-order valence-electron chi connectivity index (χ1n) is 6.18. The monoisotopic (exact) mass is 245 g/mol. The Balaban J connectivity index is 2.48. The van der Waals surface area contributed by atoms with Gasteiger partial charge in [-0.2, -0.15) is 0 Å². The molecule has 94 valence electrons. The fourth-order valence-corrected chi connectivity index (χ4v) is 2.62. The zero-order valence-electron chi connectivity index (χ0n) is 10.6. The molecule has 18 heavy (non-hydrogen) atoms. The van der Waals surface area contributed by atoms with E-state index in [1.807, 2.05) is 6.07 Å². The van der Waals surface area contributed by atoms with E-state index >= 15 is 0 Å². The molecule has 0 amide bonds. The van der Waals surface area contributed by atoms with Crippen molar-refractivity contribution in [3.8, 4) is 0 Å². The minimum atomic E-state index is -0.323. The summed E-state index contributed by atoms with van der Waals surface area (Å²) in [7, 11) is 3.16. The lowest BCUT2D eigenvalue weighted by Gasteiger charge is -2.16. The molecule has 0 saturated heterocycles. The average Bonchev–Trinajstić information content (AvgIpc) is 2.41. The van der Waals surface area contributed by atoms with Crippen LogP contribution in [-0.2, 0) is 26.9 Å². The normalized spacial score (nSPS) is 14.8. The van der Waals surface area contributed by atoms with E-state index in [-0.39, 0.29) is 11.2 Å². The molecule has 3 rings (SSSR count). The second-order valence-corrected chi connectivity index (χ2v) is 4.88.